The largest absolute Gasteiger partial charge is 0.487 e. The van der Waals surface area contributed by atoms with E-state index in [1.165, 1.54) is 36.4 Å². The Hall–Kier alpha value is -1.85. The van der Waals surface area contributed by atoms with Crippen LogP contribution in [0.25, 0.3) is 0 Å². The van der Waals surface area contributed by atoms with Crippen LogP contribution in [0, 0.1) is 15.9 Å². The van der Waals surface area contributed by atoms with Crippen molar-refractivity contribution in [2.45, 2.75) is 6.61 Å². The maximum absolute atomic E-state index is 13.5. The lowest BCUT2D eigenvalue weighted by molar-refractivity contribution is -0.384. The van der Waals surface area contributed by atoms with Crippen molar-refractivity contribution in [1.29, 1.82) is 0 Å². The molecule has 20 heavy (non-hydrogen) atoms. The highest BCUT2D eigenvalue weighted by Gasteiger charge is 2.12. The predicted molar refractivity (Wildman–Crippen MR) is 73.8 cm³/mol. The quantitative estimate of drug-likeness (QED) is 0.611. The van der Waals surface area contributed by atoms with Gasteiger partial charge in [-0.15, -0.1) is 0 Å². The highest BCUT2D eigenvalue weighted by molar-refractivity contribution is 6.32. The smallest absolute Gasteiger partial charge is 0.273 e. The Morgan fingerprint density at radius 3 is 2.65 bits per heavy atom. The molecule has 2 aromatic carbocycles. The number of hydrogen-bond acceptors (Lipinski definition) is 3. The number of rotatable bonds is 4. The van der Waals surface area contributed by atoms with Crippen molar-refractivity contribution in [3.05, 3.63) is 67.9 Å². The van der Waals surface area contributed by atoms with Crippen LogP contribution >= 0.6 is 23.2 Å². The topological polar surface area (TPSA) is 52.4 Å². The van der Waals surface area contributed by atoms with Crippen LogP contribution in [-0.4, -0.2) is 4.92 Å². The third kappa shape index (κ3) is 3.37. The zero-order valence-electron chi connectivity index (χ0n) is 9.98. The molecule has 2 aromatic rings. The van der Waals surface area contributed by atoms with E-state index in [1.807, 2.05) is 0 Å². The third-order valence-electron chi connectivity index (χ3n) is 2.52. The number of ether oxygens (including phenoxy) is 1. The zero-order valence-corrected chi connectivity index (χ0v) is 11.5. The Balaban J connectivity index is 2.20. The minimum absolute atomic E-state index is 0.111. The van der Waals surface area contributed by atoms with Gasteiger partial charge in [0.1, 0.15) is 18.2 Å². The maximum Gasteiger partial charge on any atom is 0.273 e. The monoisotopic (exact) mass is 315 g/mol. The molecule has 0 atom stereocenters. The van der Waals surface area contributed by atoms with Gasteiger partial charge in [0.05, 0.1) is 16.0 Å². The van der Waals surface area contributed by atoms with Gasteiger partial charge in [0.2, 0.25) is 0 Å². The van der Waals surface area contributed by atoms with E-state index in [0.717, 1.165) is 0 Å². The van der Waals surface area contributed by atoms with E-state index < -0.39 is 10.7 Å². The number of nitro benzene ring substituents is 1. The number of nitrogens with zero attached hydrogens (tertiary/aromatic N) is 1. The van der Waals surface area contributed by atoms with Gasteiger partial charge in [-0.25, -0.2) is 4.39 Å². The van der Waals surface area contributed by atoms with E-state index in [9.17, 15) is 14.5 Å². The molecule has 0 aliphatic carbocycles. The molecule has 0 heterocycles. The van der Waals surface area contributed by atoms with Gasteiger partial charge >= 0.3 is 0 Å². The molecule has 0 aliphatic rings. The van der Waals surface area contributed by atoms with Gasteiger partial charge in [0.25, 0.3) is 5.69 Å². The SMILES string of the molecule is O=[N+]([O-])c1ccc(Cl)c(OCc2cc(Cl)ccc2F)c1. The summed E-state index contributed by atoms with van der Waals surface area (Å²) in [5.41, 5.74) is 0.0797. The van der Waals surface area contributed by atoms with Crippen molar-refractivity contribution in [1.82, 2.24) is 0 Å². The minimum Gasteiger partial charge on any atom is -0.487 e. The first kappa shape index (κ1) is 14.6. The number of halogens is 3. The molecule has 0 spiro atoms. The van der Waals surface area contributed by atoms with Gasteiger partial charge in [0, 0.05) is 16.7 Å². The molecule has 0 unspecified atom stereocenters. The zero-order chi connectivity index (χ0) is 14.7. The Kier molecular flexibility index (Phi) is 4.42. The Labute approximate surface area is 123 Å². The Bertz CT molecular complexity index is 664. The van der Waals surface area contributed by atoms with Crippen molar-refractivity contribution in [3.8, 4) is 5.75 Å². The average molecular weight is 316 g/mol. The molecule has 0 aliphatic heterocycles. The molecule has 2 rings (SSSR count). The van der Waals surface area contributed by atoms with Crippen molar-refractivity contribution in [2.24, 2.45) is 0 Å². The standard InChI is InChI=1S/C13H8Cl2FNO3/c14-9-1-4-12(16)8(5-9)7-20-13-6-10(17(18)19)2-3-11(13)15/h1-6H,7H2. The van der Waals surface area contributed by atoms with Crippen molar-refractivity contribution < 1.29 is 14.1 Å². The van der Waals surface area contributed by atoms with Crippen LogP contribution < -0.4 is 4.74 Å². The molecule has 0 aromatic heterocycles. The van der Waals surface area contributed by atoms with E-state index in [-0.39, 0.29) is 28.6 Å². The van der Waals surface area contributed by atoms with Gasteiger partial charge in [-0.05, 0) is 24.3 Å². The van der Waals surface area contributed by atoms with Gasteiger partial charge in [0.15, 0.2) is 0 Å². The predicted octanol–water partition coefficient (Wildman–Crippen LogP) is 4.62. The number of non-ortho nitro benzene ring substituents is 1. The van der Waals surface area contributed by atoms with Gasteiger partial charge in [-0.2, -0.15) is 0 Å². The van der Waals surface area contributed by atoms with E-state index in [0.29, 0.717) is 5.02 Å². The lowest BCUT2D eigenvalue weighted by Gasteiger charge is -2.09. The van der Waals surface area contributed by atoms with E-state index >= 15 is 0 Å². The van der Waals surface area contributed by atoms with Gasteiger partial charge in [-0.3, -0.25) is 10.1 Å². The molecular weight excluding hydrogens is 308 g/mol. The summed E-state index contributed by atoms with van der Waals surface area (Å²) in [6.45, 7) is -0.132. The molecule has 0 amide bonds. The molecular formula is C13H8Cl2FNO3. The fourth-order valence-corrected chi connectivity index (χ4v) is 1.89. The van der Waals surface area contributed by atoms with Crippen molar-refractivity contribution in [2.75, 3.05) is 0 Å². The van der Waals surface area contributed by atoms with Crippen LogP contribution in [-0.2, 0) is 6.61 Å². The lowest BCUT2D eigenvalue weighted by atomic mass is 10.2. The highest BCUT2D eigenvalue weighted by Crippen LogP contribution is 2.30. The molecule has 0 fully saturated rings. The van der Waals surface area contributed by atoms with Crippen LogP contribution in [0.2, 0.25) is 10.0 Å². The van der Waals surface area contributed by atoms with Crippen molar-refractivity contribution >= 4 is 28.9 Å². The number of hydrogen-bond donors (Lipinski definition) is 0. The summed E-state index contributed by atoms with van der Waals surface area (Å²) in [4.78, 5) is 10.1. The summed E-state index contributed by atoms with van der Waals surface area (Å²) in [7, 11) is 0. The first-order valence-corrected chi connectivity index (χ1v) is 6.23. The molecule has 0 bridgehead atoms. The van der Waals surface area contributed by atoms with Crippen LogP contribution in [0.15, 0.2) is 36.4 Å². The third-order valence-corrected chi connectivity index (χ3v) is 3.06. The maximum atomic E-state index is 13.5. The summed E-state index contributed by atoms with van der Waals surface area (Å²) >= 11 is 11.6. The second-order valence-corrected chi connectivity index (χ2v) is 4.74. The Morgan fingerprint density at radius 2 is 1.95 bits per heavy atom. The molecule has 104 valence electrons. The molecule has 7 heteroatoms. The molecule has 0 N–H and O–H groups in total. The van der Waals surface area contributed by atoms with Crippen LogP contribution in [0.1, 0.15) is 5.56 Å². The molecule has 0 saturated heterocycles. The fraction of sp³-hybridized carbons (Fsp3) is 0.0769. The number of benzene rings is 2. The minimum atomic E-state index is -0.566. The Morgan fingerprint density at radius 1 is 1.20 bits per heavy atom. The molecule has 0 saturated carbocycles. The van der Waals surface area contributed by atoms with E-state index in [1.54, 1.807) is 0 Å². The molecule has 0 radical (unpaired) electrons. The van der Waals surface area contributed by atoms with Gasteiger partial charge < -0.3 is 4.74 Å². The molecule has 4 nitrogen and oxygen atoms in total. The van der Waals surface area contributed by atoms with Crippen LogP contribution in [0.5, 0.6) is 5.75 Å². The van der Waals surface area contributed by atoms with Crippen LogP contribution in [0.3, 0.4) is 0 Å². The summed E-state index contributed by atoms with van der Waals surface area (Å²) in [5.74, 6) is -0.365. The summed E-state index contributed by atoms with van der Waals surface area (Å²) in [5, 5.41) is 11.2. The summed E-state index contributed by atoms with van der Waals surface area (Å²) < 4.78 is 18.8. The fourth-order valence-electron chi connectivity index (χ4n) is 1.53. The second-order valence-electron chi connectivity index (χ2n) is 3.90. The first-order chi connectivity index (χ1) is 9.47. The summed E-state index contributed by atoms with van der Waals surface area (Å²) in [6, 6.07) is 7.85. The van der Waals surface area contributed by atoms with Crippen LogP contribution in [0.4, 0.5) is 10.1 Å². The first-order valence-electron chi connectivity index (χ1n) is 5.48. The van der Waals surface area contributed by atoms with Crippen molar-refractivity contribution in [3.63, 3.8) is 0 Å². The van der Waals surface area contributed by atoms with E-state index in [2.05, 4.69) is 0 Å². The summed E-state index contributed by atoms with van der Waals surface area (Å²) in [6.07, 6.45) is 0. The average Bonchev–Trinajstić information content (AvgIpc) is 2.41. The number of nitro groups is 1. The lowest BCUT2D eigenvalue weighted by Crippen LogP contribution is -1.99. The normalized spacial score (nSPS) is 10.3. The van der Waals surface area contributed by atoms with Gasteiger partial charge in [-0.1, -0.05) is 23.2 Å². The van der Waals surface area contributed by atoms with E-state index in [4.69, 9.17) is 27.9 Å². The second kappa shape index (κ2) is 6.07. The highest BCUT2D eigenvalue weighted by atomic mass is 35.5.